The van der Waals surface area contributed by atoms with Crippen LogP contribution in [0.2, 0.25) is 0 Å². The Morgan fingerprint density at radius 2 is 1.88 bits per heavy atom. The molecule has 0 aliphatic heterocycles. The summed E-state index contributed by atoms with van der Waals surface area (Å²) < 4.78 is 16.0. The molecule has 0 amide bonds. The average Bonchev–Trinajstić information content (AvgIpc) is 2.37. The van der Waals surface area contributed by atoms with Crippen LogP contribution in [-0.2, 0) is 11.3 Å². The fourth-order valence-corrected chi connectivity index (χ4v) is 1.86. The maximum Gasteiger partial charge on any atom is 0.131 e. The average molecular weight is 239 g/mol. The fourth-order valence-electron chi connectivity index (χ4n) is 1.86. The minimum absolute atomic E-state index is 0.242. The lowest BCUT2D eigenvalue weighted by molar-refractivity contribution is 0.178. The SMILES string of the molecule is COCc1c(OC)ccc(C(C)CN)c1OC. The van der Waals surface area contributed by atoms with Gasteiger partial charge in [0.2, 0.25) is 0 Å². The van der Waals surface area contributed by atoms with E-state index in [-0.39, 0.29) is 5.92 Å². The number of hydrogen-bond donors (Lipinski definition) is 1. The lowest BCUT2D eigenvalue weighted by atomic mass is 9.97. The highest BCUT2D eigenvalue weighted by atomic mass is 16.5. The van der Waals surface area contributed by atoms with Crippen LogP contribution in [0.1, 0.15) is 24.0 Å². The normalized spacial score (nSPS) is 12.3. The molecule has 0 aliphatic rings. The van der Waals surface area contributed by atoms with E-state index in [0.717, 1.165) is 22.6 Å². The number of nitrogens with two attached hydrogens (primary N) is 1. The highest BCUT2D eigenvalue weighted by molar-refractivity contribution is 5.51. The Morgan fingerprint density at radius 3 is 2.35 bits per heavy atom. The van der Waals surface area contributed by atoms with E-state index in [9.17, 15) is 0 Å². The van der Waals surface area contributed by atoms with Crippen molar-refractivity contribution in [2.45, 2.75) is 19.4 Å². The van der Waals surface area contributed by atoms with Gasteiger partial charge in [0.15, 0.2) is 0 Å². The van der Waals surface area contributed by atoms with Crippen LogP contribution in [0, 0.1) is 0 Å². The minimum atomic E-state index is 0.242. The molecule has 96 valence electrons. The summed E-state index contributed by atoms with van der Waals surface area (Å²) in [6.45, 7) is 3.10. The summed E-state index contributed by atoms with van der Waals surface area (Å²) in [6, 6.07) is 3.92. The predicted molar refractivity (Wildman–Crippen MR) is 67.7 cm³/mol. The molecule has 0 fully saturated rings. The van der Waals surface area contributed by atoms with Crippen LogP contribution in [0.15, 0.2) is 12.1 Å². The third-order valence-corrected chi connectivity index (χ3v) is 2.85. The van der Waals surface area contributed by atoms with Gasteiger partial charge in [-0.15, -0.1) is 0 Å². The second kappa shape index (κ2) is 6.47. The van der Waals surface area contributed by atoms with Gasteiger partial charge in [0.1, 0.15) is 11.5 Å². The van der Waals surface area contributed by atoms with Gasteiger partial charge >= 0.3 is 0 Å². The molecule has 0 spiro atoms. The number of rotatable bonds is 6. The number of ether oxygens (including phenoxy) is 3. The van der Waals surface area contributed by atoms with Crippen LogP contribution in [-0.4, -0.2) is 27.9 Å². The molecule has 17 heavy (non-hydrogen) atoms. The van der Waals surface area contributed by atoms with Gasteiger partial charge in [-0.1, -0.05) is 13.0 Å². The molecular formula is C13H21NO3. The van der Waals surface area contributed by atoms with Crippen LogP contribution in [0.5, 0.6) is 11.5 Å². The Bertz CT molecular complexity index is 366. The molecule has 0 bridgehead atoms. The van der Waals surface area contributed by atoms with E-state index < -0.39 is 0 Å². The summed E-state index contributed by atoms with van der Waals surface area (Å²) in [4.78, 5) is 0. The van der Waals surface area contributed by atoms with Gasteiger partial charge in [-0.2, -0.15) is 0 Å². The van der Waals surface area contributed by atoms with E-state index in [2.05, 4.69) is 6.92 Å². The lowest BCUT2D eigenvalue weighted by Crippen LogP contribution is -2.11. The molecule has 0 aliphatic carbocycles. The molecule has 1 rings (SSSR count). The van der Waals surface area contributed by atoms with Crippen molar-refractivity contribution in [1.29, 1.82) is 0 Å². The standard InChI is InChI=1S/C13H21NO3/c1-9(7-14)10-5-6-12(16-3)11(8-15-2)13(10)17-4/h5-6,9H,7-8,14H2,1-4H3. The van der Waals surface area contributed by atoms with Gasteiger partial charge < -0.3 is 19.9 Å². The Kier molecular flexibility index (Phi) is 5.25. The maximum atomic E-state index is 5.70. The van der Waals surface area contributed by atoms with E-state index in [4.69, 9.17) is 19.9 Å². The summed E-state index contributed by atoms with van der Waals surface area (Å²) in [7, 11) is 4.94. The van der Waals surface area contributed by atoms with Crippen molar-refractivity contribution < 1.29 is 14.2 Å². The molecule has 4 heteroatoms. The van der Waals surface area contributed by atoms with Crippen molar-refractivity contribution in [3.8, 4) is 11.5 Å². The van der Waals surface area contributed by atoms with E-state index in [1.54, 1.807) is 21.3 Å². The largest absolute Gasteiger partial charge is 0.496 e. The van der Waals surface area contributed by atoms with Crippen molar-refractivity contribution >= 4 is 0 Å². The molecule has 1 atom stereocenters. The number of methoxy groups -OCH3 is 3. The molecule has 0 saturated heterocycles. The molecule has 2 N–H and O–H groups in total. The predicted octanol–water partition coefficient (Wildman–Crippen LogP) is 1.91. The first-order valence-corrected chi connectivity index (χ1v) is 5.62. The van der Waals surface area contributed by atoms with Gasteiger partial charge in [0.25, 0.3) is 0 Å². The van der Waals surface area contributed by atoms with Crippen LogP contribution in [0.4, 0.5) is 0 Å². The first-order valence-electron chi connectivity index (χ1n) is 5.62. The van der Waals surface area contributed by atoms with E-state index in [1.807, 2.05) is 12.1 Å². The van der Waals surface area contributed by atoms with Crippen molar-refractivity contribution in [3.05, 3.63) is 23.3 Å². The van der Waals surface area contributed by atoms with E-state index >= 15 is 0 Å². The quantitative estimate of drug-likeness (QED) is 0.824. The van der Waals surface area contributed by atoms with Gasteiger partial charge in [-0.25, -0.2) is 0 Å². The molecule has 0 heterocycles. The number of hydrogen-bond acceptors (Lipinski definition) is 4. The minimum Gasteiger partial charge on any atom is -0.496 e. The third kappa shape index (κ3) is 2.90. The van der Waals surface area contributed by atoms with Gasteiger partial charge in [0.05, 0.1) is 26.4 Å². The Morgan fingerprint density at radius 1 is 1.18 bits per heavy atom. The molecule has 1 aromatic carbocycles. The maximum absolute atomic E-state index is 5.70. The highest BCUT2D eigenvalue weighted by Gasteiger charge is 2.17. The smallest absolute Gasteiger partial charge is 0.131 e. The van der Waals surface area contributed by atoms with Gasteiger partial charge in [0, 0.05) is 7.11 Å². The van der Waals surface area contributed by atoms with Crippen molar-refractivity contribution in [2.75, 3.05) is 27.9 Å². The molecule has 1 aromatic rings. The second-order valence-corrected chi connectivity index (χ2v) is 3.94. The van der Waals surface area contributed by atoms with Crippen molar-refractivity contribution in [1.82, 2.24) is 0 Å². The lowest BCUT2D eigenvalue weighted by Gasteiger charge is -2.19. The second-order valence-electron chi connectivity index (χ2n) is 3.94. The Balaban J connectivity index is 3.29. The Hall–Kier alpha value is -1.26. The first kappa shape index (κ1) is 13.8. The zero-order valence-electron chi connectivity index (χ0n) is 10.9. The van der Waals surface area contributed by atoms with E-state index in [0.29, 0.717) is 13.2 Å². The summed E-state index contributed by atoms with van der Waals surface area (Å²) in [5.41, 5.74) is 7.72. The van der Waals surface area contributed by atoms with Crippen LogP contribution in [0.25, 0.3) is 0 Å². The summed E-state index contributed by atoms with van der Waals surface area (Å²) >= 11 is 0. The fraction of sp³-hybridized carbons (Fsp3) is 0.538. The van der Waals surface area contributed by atoms with Crippen LogP contribution < -0.4 is 15.2 Å². The highest BCUT2D eigenvalue weighted by Crippen LogP contribution is 2.36. The van der Waals surface area contributed by atoms with Crippen molar-refractivity contribution in [3.63, 3.8) is 0 Å². The Labute approximate surface area is 103 Å². The van der Waals surface area contributed by atoms with Gasteiger partial charge in [-0.05, 0) is 24.1 Å². The summed E-state index contributed by atoms with van der Waals surface area (Å²) in [6.07, 6.45) is 0. The molecule has 4 nitrogen and oxygen atoms in total. The van der Waals surface area contributed by atoms with Crippen LogP contribution in [0.3, 0.4) is 0 Å². The van der Waals surface area contributed by atoms with Crippen molar-refractivity contribution in [2.24, 2.45) is 5.73 Å². The zero-order chi connectivity index (χ0) is 12.8. The number of benzene rings is 1. The summed E-state index contributed by atoms with van der Waals surface area (Å²) in [5.74, 6) is 1.83. The summed E-state index contributed by atoms with van der Waals surface area (Å²) in [5, 5.41) is 0. The first-order chi connectivity index (χ1) is 8.19. The molecule has 0 radical (unpaired) electrons. The third-order valence-electron chi connectivity index (χ3n) is 2.85. The molecular weight excluding hydrogens is 218 g/mol. The van der Waals surface area contributed by atoms with E-state index in [1.165, 1.54) is 0 Å². The van der Waals surface area contributed by atoms with Gasteiger partial charge in [-0.3, -0.25) is 0 Å². The molecule has 1 unspecified atom stereocenters. The zero-order valence-corrected chi connectivity index (χ0v) is 10.9. The monoisotopic (exact) mass is 239 g/mol. The van der Waals surface area contributed by atoms with Crippen LogP contribution >= 0.6 is 0 Å². The molecule has 0 saturated carbocycles. The molecule has 0 aromatic heterocycles. The topological polar surface area (TPSA) is 53.7 Å².